The van der Waals surface area contributed by atoms with E-state index < -0.39 is 41.8 Å². The fraction of sp³-hybridized carbons (Fsp3) is 0.370. The second-order valence-electron chi connectivity index (χ2n) is 8.26. The highest BCUT2D eigenvalue weighted by molar-refractivity contribution is 5.90. The summed E-state index contributed by atoms with van der Waals surface area (Å²) in [6, 6.07) is 11.2. The van der Waals surface area contributed by atoms with Gasteiger partial charge in [-0.1, -0.05) is 24.3 Å². The fourth-order valence-corrected chi connectivity index (χ4v) is 3.38. The highest BCUT2D eigenvalue weighted by Crippen LogP contribution is 2.16. The number of esters is 3. The summed E-state index contributed by atoms with van der Waals surface area (Å²) in [6.07, 6.45) is 0.234. The van der Waals surface area contributed by atoms with Crippen molar-refractivity contribution in [2.24, 2.45) is 0 Å². The number of methoxy groups -OCH3 is 3. The number of hydrogen-bond acceptors (Lipinski definition) is 10. The molecule has 2 atom stereocenters. The minimum atomic E-state index is -1.03. The van der Waals surface area contributed by atoms with Crippen molar-refractivity contribution < 1.29 is 47.7 Å². The average Bonchev–Trinajstić information content (AvgIpc) is 2.94. The Morgan fingerprint density at radius 3 is 1.46 bits per heavy atom. The third-order valence-corrected chi connectivity index (χ3v) is 5.39. The first-order valence-electron chi connectivity index (χ1n) is 11.9. The summed E-state index contributed by atoms with van der Waals surface area (Å²) in [4.78, 5) is 59.9. The van der Waals surface area contributed by atoms with Crippen LogP contribution in [0.3, 0.4) is 0 Å². The Kier molecular flexibility index (Phi) is 12.2. The number of benzene rings is 2. The maximum Gasteiger partial charge on any atom is 0.343 e. The minimum absolute atomic E-state index is 0.106. The van der Waals surface area contributed by atoms with Crippen LogP contribution in [0.4, 0.5) is 0 Å². The summed E-state index contributed by atoms with van der Waals surface area (Å²) in [7, 11) is 3.72. The molecule has 2 N–H and O–H groups in total. The molecule has 2 aromatic carbocycles. The van der Waals surface area contributed by atoms with Crippen molar-refractivity contribution in [3.05, 3.63) is 59.7 Å². The van der Waals surface area contributed by atoms with Crippen LogP contribution in [0, 0.1) is 0 Å². The van der Waals surface area contributed by atoms with E-state index in [4.69, 9.17) is 14.2 Å². The van der Waals surface area contributed by atoms with Crippen LogP contribution in [0.2, 0.25) is 0 Å². The lowest BCUT2D eigenvalue weighted by Gasteiger charge is -2.22. The summed E-state index contributed by atoms with van der Waals surface area (Å²) in [5.74, 6) is -1.86. The normalized spacial score (nSPS) is 11.8. The van der Waals surface area contributed by atoms with E-state index in [1.165, 1.54) is 28.3 Å². The maximum absolute atomic E-state index is 13.1. The third-order valence-electron chi connectivity index (χ3n) is 5.39. The molecule has 0 aliphatic heterocycles. The first kappa shape index (κ1) is 30.6. The van der Waals surface area contributed by atoms with Gasteiger partial charge in [0.1, 0.15) is 23.6 Å². The largest absolute Gasteiger partial charge is 0.482 e. The molecule has 0 aliphatic rings. The van der Waals surface area contributed by atoms with Crippen molar-refractivity contribution in [3.8, 4) is 11.5 Å². The van der Waals surface area contributed by atoms with Crippen LogP contribution in [0.25, 0.3) is 0 Å². The van der Waals surface area contributed by atoms with Crippen LogP contribution < -0.4 is 20.1 Å². The molecule has 0 aliphatic carbocycles. The molecule has 210 valence electrons. The summed E-state index contributed by atoms with van der Waals surface area (Å²) >= 11 is 0. The van der Waals surface area contributed by atoms with Crippen molar-refractivity contribution in [1.29, 1.82) is 0 Å². The van der Waals surface area contributed by atoms with Gasteiger partial charge in [-0.3, -0.25) is 9.59 Å². The van der Waals surface area contributed by atoms with Gasteiger partial charge in [0.2, 0.25) is 11.8 Å². The Labute approximate surface area is 225 Å². The van der Waals surface area contributed by atoms with Gasteiger partial charge in [-0.25, -0.2) is 14.4 Å². The summed E-state index contributed by atoms with van der Waals surface area (Å²) < 4.78 is 24.5. The Balaban J connectivity index is 2.08. The first-order chi connectivity index (χ1) is 18.6. The van der Waals surface area contributed by atoms with E-state index in [1.807, 2.05) is 0 Å². The zero-order valence-electron chi connectivity index (χ0n) is 22.2. The number of amides is 2. The number of carbonyl (C=O) groups excluding carboxylic acids is 5. The lowest BCUT2D eigenvalue weighted by Crippen LogP contribution is -2.53. The second kappa shape index (κ2) is 15.6. The number of ether oxygens (including phenoxy) is 5. The molecular formula is C27H32N2O10. The van der Waals surface area contributed by atoms with Gasteiger partial charge in [-0.05, 0) is 35.4 Å². The highest BCUT2D eigenvalue weighted by atomic mass is 16.6. The molecule has 0 heterocycles. The Morgan fingerprint density at radius 2 is 1.08 bits per heavy atom. The van der Waals surface area contributed by atoms with E-state index in [2.05, 4.69) is 20.1 Å². The van der Waals surface area contributed by atoms with Crippen LogP contribution in [0.15, 0.2) is 48.5 Å². The van der Waals surface area contributed by atoms with Gasteiger partial charge >= 0.3 is 17.9 Å². The predicted octanol–water partition coefficient (Wildman–Crippen LogP) is 0.738. The summed E-state index contributed by atoms with van der Waals surface area (Å²) in [6.45, 7) is 0.793. The monoisotopic (exact) mass is 544 g/mol. The molecular weight excluding hydrogens is 512 g/mol. The molecule has 12 nitrogen and oxygen atoms in total. The number of rotatable bonds is 14. The maximum atomic E-state index is 13.1. The van der Waals surface area contributed by atoms with Gasteiger partial charge < -0.3 is 34.3 Å². The molecule has 0 spiro atoms. The zero-order valence-corrected chi connectivity index (χ0v) is 22.2. The molecule has 0 aromatic heterocycles. The van der Waals surface area contributed by atoms with Crippen molar-refractivity contribution in [3.63, 3.8) is 0 Å². The van der Waals surface area contributed by atoms with Gasteiger partial charge in [0.25, 0.3) is 0 Å². The van der Waals surface area contributed by atoms with Crippen LogP contribution in [0.1, 0.15) is 18.1 Å². The van der Waals surface area contributed by atoms with E-state index >= 15 is 0 Å². The van der Waals surface area contributed by atoms with Crippen LogP contribution in [0.5, 0.6) is 11.5 Å². The van der Waals surface area contributed by atoms with Crippen LogP contribution in [-0.2, 0) is 51.0 Å². The van der Waals surface area contributed by atoms with Gasteiger partial charge in [0.15, 0.2) is 13.2 Å². The first-order valence-corrected chi connectivity index (χ1v) is 11.9. The SMILES string of the molecule is COC(=O)COc1ccc(CC(NC(C)=O)C(=O)NC(Cc2ccc(OCC(=O)OC)cc2)C(=O)OC)cc1. The van der Waals surface area contributed by atoms with Crippen molar-refractivity contribution >= 4 is 29.7 Å². The molecule has 2 aromatic rings. The summed E-state index contributed by atoms with van der Waals surface area (Å²) in [5.41, 5.74) is 1.39. The molecule has 2 rings (SSSR count). The lowest BCUT2D eigenvalue weighted by molar-refractivity contribution is -0.145. The zero-order chi connectivity index (χ0) is 28.8. The predicted molar refractivity (Wildman–Crippen MR) is 137 cm³/mol. The standard InChI is InChI=1S/C27H32N2O10/c1-17(30)28-22(13-18-5-9-20(10-6-18)38-15-24(31)35-2)26(33)29-23(27(34)37-4)14-19-7-11-21(12-8-19)39-16-25(32)36-3/h5-12,22-23H,13-16H2,1-4H3,(H,28,30)(H,29,33). The molecule has 0 radical (unpaired) electrons. The Bertz CT molecular complexity index is 1130. The quantitative estimate of drug-likeness (QED) is 0.257. The van der Waals surface area contributed by atoms with Gasteiger partial charge in [0, 0.05) is 19.8 Å². The minimum Gasteiger partial charge on any atom is -0.482 e. The van der Waals surface area contributed by atoms with E-state index in [0.717, 1.165) is 0 Å². The molecule has 0 saturated heterocycles. The number of hydrogen-bond donors (Lipinski definition) is 2. The van der Waals surface area contributed by atoms with Crippen molar-refractivity contribution in [1.82, 2.24) is 10.6 Å². The van der Waals surface area contributed by atoms with E-state index in [-0.39, 0.29) is 26.1 Å². The fourth-order valence-electron chi connectivity index (χ4n) is 3.38. The van der Waals surface area contributed by atoms with Crippen LogP contribution in [-0.4, -0.2) is 76.3 Å². The molecule has 12 heteroatoms. The highest BCUT2D eigenvalue weighted by Gasteiger charge is 2.27. The van der Waals surface area contributed by atoms with Crippen molar-refractivity contribution in [2.45, 2.75) is 31.8 Å². The summed E-state index contributed by atoms with van der Waals surface area (Å²) in [5, 5.41) is 5.26. The molecule has 2 amide bonds. The third kappa shape index (κ3) is 10.7. The molecule has 0 saturated carbocycles. The van der Waals surface area contributed by atoms with E-state index in [0.29, 0.717) is 22.6 Å². The van der Waals surface area contributed by atoms with Gasteiger partial charge in [-0.2, -0.15) is 0 Å². The molecule has 2 unspecified atom stereocenters. The van der Waals surface area contributed by atoms with Crippen LogP contribution >= 0.6 is 0 Å². The number of nitrogens with one attached hydrogen (secondary N) is 2. The smallest absolute Gasteiger partial charge is 0.343 e. The van der Waals surface area contributed by atoms with Crippen molar-refractivity contribution in [2.75, 3.05) is 34.5 Å². The second-order valence-corrected chi connectivity index (χ2v) is 8.26. The molecule has 0 bridgehead atoms. The molecule has 0 fully saturated rings. The lowest BCUT2D eigenvalue weighted by atomic mass is 10.0. The Morgan fingerprint density at radius 1 is 0.641 bits per heavy atom. The Hall–Kier alpha value is -4.61. The van der Waals surface area contributed by atoms with E-state index in [1.54, 1.807) is 48.5 Å². The van der Waals surface area contributed by atoms with Gasteiger partial charge in [-0.15, -0.1) is 0 Å². The number of carbonyl (C=O) groups is 5. The van der Waals surface area contributed by atoms with E-state index in [9.17, 15) is 24.0 Å². The molecule has 39 heavy (non-hydrogen) atoms. The topological polar surface area (TPSA) is 156 Å². The van der Waals surface area contributed by atoms with Gasteiger partial charge in [0.05, 0.1) is 21.3 Å². The average molecular weight is 545 g/mol.